The van der Waals surface area contributed by atoms with Crippen LogP contribution in [0.25, 0.3) is 0 Å². The van der Waals surface area contributed by atoms with Gasteiger partial charge in [0, 0.05) is 5.41 Å². The fraction of sp³-hybridized carbons (Fsp3) is 0.462. The van der Waals surface area contributed by atoms with Crippen molar-refractivity contribution < 1.29 is 29.6 Å². The van der Waals surface area contributed by atoms with Gasteiger partial charge in [0.15, 0.2) is 0 Å². The predicted octanol–water partition coefficient (Wildman–Crippen LogP) is 4.93. The maximum atomic E-state index is 12.6. The van der Waals surface area contributed by atoms with Crippen LogP contribution in [0.1, 0.15) is 62.1 Å². The van der Waals surface area contributed by atoms with E-state index in [2.05, 4.69) is 6.92 Å². The molecule has 2 aromatic rings. The first-order valence-corrected chi connectivity index (χ1v) is 11.2. The molecule has 1 aliphatic rings. The summed E-state index contributed by atoms with van der Waals surface area (Å²) in [5, 5.41) is 29.1. The van der Waals surface area contributed by atoms with Crippen molar-refractivity contribution in [3.63, 3.8) is 0 Å². The van der Waals surface area contributed by atoms with Gasteiger partial charge in [-0.05, 0) is 67.5 Å². The van der Waals surface area contributed by atoms with Gasteiger partial charge in [0.05, 0.1) is 18.4 Å². The van der Waals surface area contributed by atoms with Gasteiger partial charge in [-0.3, -0.25) is 9.59 Å². The summed E-state index contributed by atoms with van der Waals surface area (Å²) in [6.45, 7) is 4.15. The lowest BCUT2D eigenvalue weighted by atomic mass is 9.72. The molecule has 1 fully saturated rings. The van der Waals surface area contributed by atoms with Gasteiger partial charge in [-0.2, -0.15) is 0 Å². The Balaban J connectivity index is 1.70. The number of carbonyl (C=O) groups is 2. The maximum Gasteiger partial charge on any atom is 0.309 e. The van der Waals surface area contributed by atoms with E-state index in [0.29, 0.717) is 25.7 Å². The first-order valence-electron chi connectivity index (χ1n) is 11.2. The Bertz CT molecular complexity index is 951. The van der Waals surface area contributed by atoms with Gasteiger partial charge >= 0.3 is 11.9 Å². The number of rotatable bonds is 8. The van der Waals surface area contributed by atoms with Crippen LogP contribution in [0, 0.1) is 18.8 Å². The highest BCUT2D eigenvalue weighted by atomic mass is 16.5. The molecular formula is C26H32O6. The molecule has 0 bridgehead atoms. The first kappa shape index (κ1) is 23.6. The summed E-state index contributed by atoms with van der Waals surface area (Å²) in [4.78, 5) is 24.0. The fourth-order valence-corrected chi connectivity index (χ4v) is 4.70. The normalized spacial score (nSPS) is 20.3. The van der Waals surface area contributed by atoms with Crippen molar-refractivity contribution in [2.24, 2.45) is 11.8 Å². The van der Waals surface area contributed by atoms with Crippen molar-refractivity contribution in [2.45, 2.75) is 57.8 Å². The van der Waals surface area contributed by atoms with Crippen LogP contribution in [0.3, 0.4) is 0 Å². The molecule has 0 spiro atoms. The molecule has 3 atom stereocenters. The third-order valence-electron chi connectivity index (χ3n) is 6.79. The first-order chi connectivity index (χ1) is 15.2. The van der Waals surface area contributed by atoms with Crippen molar-refractivity contribution in [2.75, 3.05) is 6.61 Å². The van der Waals surface area contributed by atoms with E-state index in [9.17, 15) is 24.9 Å². The van der Waals surface area contributed by atoms with Crippen LogP contribution in [0.2, 0.25) is 0 Å². The second-order valence-electron chi connectivity index (χ2n) is 8.99. The van der Waals surface area contributed by atoms with E-state index < -0.39 is 29.2 Å². The minimum absolute atomic E-state index is 0.187. The Morgan fingerprint density at radius 3 is 2.25 bits per heavy atom. The molecular weight excluding hydrogens is 408 g/mol. The fourth-order valence-electron chi connectivity index (χ4n) is 4.70. The SMILES string of the molecule is Cc1cc(C(C)(CCCOC(=O)C2CCCCC2C(=O)O)c2ccc(O)cc2)ccc1O. The number of aromatic hydroxyl groups is 2. The molecule has 1 aliphatic carbocycles. The standard InChI is InChI=1S/C26H32O6/c1-17-16-19(10-13-23(17)28)26(2,18-8-11-20(27)12-9-18)14-5-15-32-25(31)22-7-4-3-6-21(22)24(29)30/h8-13,16,21-22,27-28H,3-7,14-15H2,1-2H3,(H,29,30). The number of ether oxygens (including phenoxy) is 1. The van der Waals surface area contributed by atoms with E-state index in [1.165, 1.54) is 0 Å². The molecule has 3 rings (SSSR count). The molecule has 3 unspecified atom stereocenters. The minimum atomic E-state index is -0.922. The number of hydrogen-bond acceptors (Lipinski definition) is 5. The topological polar surface area (TPSA) is 104 Å². The smallest absolute Gasteiger partial charge is 0.309 e. The Morgan fingerprint density at radius 2 is 1.62 bits per heavy atom. The minimum Gasteiger partial charge on any atom is -0.508 e. The van der Waals surface area contributed by atoms with Crippen molar-refractivity contribution in [3.8, 4) is 11.5 Å². The molecule has 0 aromatic heterocycles. The van der Waals surface area contributed by atoms with Crippen LogP contribution >= 0.6 is 0 Å². The molecule has 3 N–H and O–H groups in total. The van der Waals surface area contributed by atoms with Crippen LogP contribution < -0.4 is 0 Å². The molecule has 0 aliphatic heterocycles. The Morgan fingerprint density at radius 1 is 1.00 bits per heavy atom. The zero-order valence-electron chi connectivity index (χ0n) is 18.7. The van der Waals surface area contributed by atoms with Crippen molar-refractivity contribution >= 4 is 11.9 Å². The summed E-state index contributed by atoms with van der Waals surface area (Å²) in [5.74, 6) is -2.13. The van der Waals surface area contributed by atoms with Gasteiger partial charge in [-0.15, -0.1) is 0 Å². The van der Waals surface area contributed by atoms with Crippen molar-refractivity contribution in [1.29, 1.82) is 0 Å². The van der Waals surface area contributed by atoms with Crippen LogP contribution in [-0.2, 0) is 19.7 Å². The second-order valence-corrected chi connectivity index (χ2v) is 8.99. The summed E-state index contributed by atoms with van der Waals surface area (Å²) in [6, 6.07) is 12.6. The number of aliphatic carboxylic acids is 1. The summed E-state index contributed by atoms with van der Waals surface area (Å²) in [6.07, 6.45) is 4.03. The lowest BCUT2D eigenvalue weighted by Crippen LogP contribution is -2.34. The molecule has 2 aromatic carbocycles. The molecule has 1 saturated carbocycles. The van der Waals surface area contributed by atoms with Crippen LogP contribution in [0.4, 0.5) is 0 Å². The maximum absolute atomic E-state index is 12.6. The quantitative estimate of drug-likeness (QED) is 0.397. The number of hydrogen-bond donors (Lipinski definition) is 3. The molecule has 32 heavy (non-hydrogen) atoms. The molecule has 172 valence electrons. The largest absolute Gasteiger partial charge is 0.508 e. The molecule has 0 heterocycles. The molecule has 0 radical (unpaired) electrons. The number of carbonyl (C=O) groups excluding carboxylic acids is 1. The van der Waals surface area contributed by atoms with Gasteiger partial charge < -0.3 is 20.1 Å². The number of phenols is 2. The highest BCUT2D eigenvalue weighted by Gasteiger charge is 2.37. The number of benzene rings is 2. The lowest BCUT2D eigenvalue weighted by molar-refractivity contribution is -0.159. The number of esters is 1. The molecule has 0 saturated heterocycles. The third kappa shape index (κ3) is 5.23. The van der Waals surface area contributed by atoms with E-state index in [4.69, 9.17) is 4.74 Å². The van der Waals surface area contributed by atoms with Gasteiger partial charge in [-0.1, -0.05) is 44.0 Å². The van der Waals surface area contributed by atoms with E-state index in [0.717, 1.165) is 29.5 Å². The van der Waals surface area contributed by atoms with Gasteiger partial charge in [0.25, 0.3) is 0 Å². The second kappa shape index (κ2) is 10.1. The highest BCUT2D eigenvalue weighted by molar-refractivity contribution is 5.81. The summed E-state index contributed by atoms with van der Waals surface area (Å²) in [5.41, 5.74) is 2.37. The van der Waals surface area contributed by atoms with Crippen LogP contribution in [0.5, 0.6) is 11.5 Å². The predicted molar refractivity (Wildman–Crippen MR) is 121 cm³/mol. The van der Waals surface area contributed by atoms with E-state index in [1.807, 2.05) is 31.2 Å². The average Bonchev–Trinajstić information content (AvgIpc) is 2.78. The summed E-state index contributed by atoms with van der Waals surface area (Å²) in [7, 11) is 0. The van der Waals surface area contributed by atoms with Crippen molar-refractivity contribution in [3.05, 3.63) is 59.2 Å². The number of phenolic OH excluding ortho intramolecular Hbond substituents is 2. The van der Waals surface area contributed by atoms with E-state index in [-0.39, 0.29) is 18.1 Å². The number of aryl methyl sites for hydroxylation is 1. The highest BCUT2D eigenvalue weighted by Crippen LogP contribution is 2.39. The molecule has 6 heteroatoms. The molecule has 6 nitrogen and oxygen atoms in total. The molecule has 0 amide bonds. The number of carboxylic acids is 1. The zero-order chi connectivity index (χ0) is 23.3. The monoisotopic (exact) mass is 440 g/mol. The third-order valence-corrected chi connectivity index (χ3v) is 6.79. The van der Waals surface area contributed by atoms with Gasteiger partial charge in [0.1, 0.15) is 11.5 Å². The number of carboxylic acid groups (broad SMARTS) is 1. The lowest BCUT2D eigenvalue weighted by Gasteiger charge is -2.32. The Kier molecular flexibility index (Phi) is 7.44. The zero-order valence-corrected chi connectivity index (χ0v) is 18.7. The summed E-state index contributed by atoms with van der Waals surface area (Å²) >= 11 is 0. The Hall–Kier alpha value is -3.02. The van der Waals surface area contributed by atoms with E-state index >= 15 is 0 Å². The van der Waals surface area contributed by atoms with Crippen LogP contribution in [-0.4, -0.2) is 33.9 Å². The summed E-state index contributed by atoms with van der Waals surface area (Å²) < 4.78 is 5.51. The van der Waals surface area contributed by atoms with Gasteiger partial charge in [0.2, 0.25) is 0 Å². The Labute approximate surface area is 188 Å². The van der Waals surface area contributed by atoms with Crippen LogP contribution in [0.15, 0.2) is 42.5 Å². The van der Waals surface area contributed by atoms with Crippen molar-refractivity contribution in [1.82, 2.24) is 0 Å². The van der Waals surface area contributed by atoms with Gasteiger partial charge in [-0.25, -0.2) is 0 Å². The average molecular weight is 441 g/mol. The van der Waals surface area contributed by atoms with E-state index in [1.54, 1.807) is 18.2 Å².